The molecule has 11 nitrogen and oxygen atoms in total. The zero-order chi connectivity index (χ0) is 22.6. The van der Waals surface area contributed by atoms with Gasteiger partial charge in [0.2, 0.25) is 15.9 Å². The van der Waals surface area contributed by atoms with E-state index in [0.29, 0.717) is 25.3 Å². The number of hydrogen-bond donors (Lipinski definition) is 2. The predicted molar refractivity (Wildman–Crippen MR) is 116 cm³/mol. The highest BCUT2D eigenvalue weighted by molar-refractivity contribution is 7.89. The van der Waals surface area contributed by atoms with Crippen LogP contribution in [0.4, 0.5) is 5.82 Å². The second kappa shape index (κ2) is 9.40. The van der Waals surface area contributed by atoms with Gasteiger partial charge >= 0.3 is 0 Å². The molecule has 2 aromatic heterocycles. The Labute approximate surface area is 185 Å². The Morgan fingerprint density at radius 2 is 1.94 bits per heavy atom. The van der Waals surface area contributed by atoms with Crippen molar-refractivity contribution in [1.29, 1.82) is 0 Å². The summed E-state index contributed by atoms with van der Waals surface area (Å²) >= 11 is 0. The summed E-state index contributed by atoms with van der Waals surface area (Å²) in [6.07, 6.45) is 6.79. The number of carbonyl (C=O) groups excluding carboxylic acids is 1. The van der Waals surface area contributed by atoms with Crippen LogP contribution in [-0.4, -0.2) is 58.7 Å². The topological polar surface area (TPSA) is 149 Å². The van der Waals surface area contributed by atoms with Crippen molar-refractivity contribution in [3.05, 3.63) is 54.9 Å². The Hall–Kier alpha value is -3.38. The van der Waals surface area contributed by atoms with Crippen molar-refractivity contribution in [3.63, 3.8) is 0 Å². The van der Waals surface area contributed by atoms with Gasteiger partial charge in [-0.05, 0) is 37.0 Å². The van der Waals surface area contributed by atoms with Crippen molar-refractivity contribution in [2.75, 3.05) is 24.5 Å². The van der Waals surface area contributed by atoms with E-state index >= 15 is 0 Å². The second-order valence-electron chi connectivity index (χ2n) is 7.59. The van der Waals surface area contributed by atoms with Crippen LogP contribution < -0.4 is 15.4 Å². The first kappa shape index (κ1) is 21.8. The number of hydrogen-bond acceptors (Lipinski definition) is 8. The maximum Gasteiger partial charge on any atom is 0.238 e. The Bertz CT molecular complexity index is 1170. The normalized spacial score (nSPS) is 16.7. The van der Waals surface area contributed by atoms with Crippen LogP contribution >= 0.6 is 0 Å². The van der Waals surface area contributed by atoms with Crippen LogP contribution in [-0.2, 0) is 21.2 Å². The third kappa shape index (κ3) is 5.26. The monoisotopic (exact) mass is 456 g/mol. The van der Waals surface area contributed by atoms with Gasteiger partial charge < -0.3 is 10.2 Å². The van der Waals surface area contributed by atoms with Crippen LogP contribution in [0, 0.1) is 5.92 Å². The number of benzene rings is 1. The van der Waals surface area contributed by atoms with E-state index in [1.54, 1.807) is 23.1 Å². The molecule has 3 aromatic rings. The fourth-order valence-corrected chi connectivity index (χ4v) is 4.20. The van der Waals surface area contributed by atoms with Gasteiger partial charge in [0.15, 0.2) is 5.82 Å². The van der Waals surface area contributed by atoms with E-state index in [1.165, 1.54) is 24.8 Å². The molecule has 4 rings (SSSR count). The lowest BCUT2D eigenvalue weighted by atomic mass is 9.97. The highest BCUT2D eigenvalue weighted by atomic mass is 32.2. The Morgan fingerprint density at radius 1 is 1.16 bits per heavy atom. The number of sulfonamides is 1. The SMILES string of the molecule is NS(=O)(=O)c1ccc(CCNC(=O)C2CCCN(c3cc(-n4cncn4)ncn3)C2)cc1. The number of piperidine rings is 1. The first-order valence-corrected chi connectivity index (χ1v) is 11.8. The third-order valence-electron chi connectivity index (χ3n) is 5.37. The Morgan fingerprint density at radius 3 is 2.66 bits per heavy atom. The van der Waals surface area contributed by atoms with E-state index in [-0.39, 0.29) is 16.7 Å². The number of nitrogens with two attached hydrogens (primary N) is 1. The van der Waals surface area contributed by atoms with Crippen molar-refractivity contribution in [3.8, 4) is 5.82 Å². The molecule has 1 aliphatic rings. The van der Waals surface area contributed by atoms with Crippen LogP contribution in [0.5, 0.6) is 0 Å². The van der Waals surface area contributed by atoms with E-state index in [9.17, 15) is 13.2 Å². The fourth-order valence-electron chi connectivity index (χ4n) is 3.68. The maximum absolute atomic E-state index is 12.7. The summed E-state index contributed by atoms with van der Waals surface area (Å²) in [4.78, 5) is 27.4. The summed E-state index contributed by atoms with van der Waals surface area (Å²) in [5.74, 6) is 1.23. The quantitative estimate of drug-likeness (QED) is 0.515. The number of nitrogens with zero attached hydrogens (tertiary/aromatic N) is 6. The minimum atomic E-state index is -3.70. The molecule has 1 aliphatic heterocycles. The maximum atomic E-state index is 12.7. The average molecular weight is 457 g/mol. The molecule has 3 N–H and O–H groups in total. The number of rotatable bonds is 7. The van der Waals surface area contributed by atoms with Crippen LogP contribution in [0.15, 0.2) is 54.2 Å². The molecule has 1 saturated heterocycles. The molecule has 1 amide bonds. The largest absolute Gasteiger partial charge is 0.356 e. The molecule has 12 heteroatoms. The molecule has 0 aliphatic carbocycles. The summed E-state index contributed by atoms with van der Waals surface area (Å²) in [5.41, 5.74) is 0.921. The zero-order valence-corrected chi connectivity index (χ0v) is 18.1. The van der Waals surface area contributed by atoms with Crippen molar-refractivity contribution in [2.24, 2.45) is 11.1 Å². The van der Waals surface area contributed by atoms with Crippen LogP contribution in [0.1, 0.15) is 18.4 Å². The number of nitrogens with one attached hydrogen (secondary N) is 1. The zero-order valence-electron chi connectivity index (χ0n) is 17.3. The van der Waals surface area contributed by atoms with E-state index in [1.807, 2.05) is 6.07 Å². The average Bonchev–Trinajstić information content (AvgIpc) is 3.34. The van der Waals surface area contributed by atoms with Crippen molar-refractivity contribution in [1.82, 2.24) is 30.0 Å². The smallest absolute Gasteiger partial charge is 0.238 e. The summed E-state index contributed by atoms with van der Waals surface area (Å²) < 4.78 is 24.2. The van der Waals surface area contributed by atoms with Gasteiger partial charge in [-0.3, -0.25) is 4.79 Å². The van der Waals surface area contributed by atoms with Gasteiger partial charge in [-0.25, -0.2) is 33.2 Å². The van der Waals surface area contributed by atoms with Crippen LogP contribution in [0.3, 0.4) is 0 Å². The summed E-state index contributed by atoms with van der Waals surface area (Å²) in [7, 11) is -3.70. The molecule has 1 fully saturated rings. The molecule has 1 unspecified atom stereocenters. The number of carbonyl (C=O) groups is 1. The lowest BCUT2D eigenvalue weighted by Gasteiger charge is -2.32. The molecule has 3 heterocycles. The van der Waals surface area contributed by atoms with Crippen molar-refractivity contribution < 1.29 is 13.2 Å². The van der Waals surface area contributed by atoms with E-state index in [2.05, 4.69) is 30.3 Å². The van der Waals surface area contributed by atoms with Crippen molar-refractivity contribution >= 4 is 21.7 Å². The van der Waals surface area contributed by atoms with Crippen molar-refractivity contribution in [2.45, 2.75) is 24.2 Å². The van der Waals surface area contributed by atoms with E-state index < -0.39 is 10.0 Å². The molecule has 0 spiro atoms. The van der Waals surface area contributed by atoms with Gasteiger partial charge in [0.05, 0.1) is 10.8 Å². The Balaban J connectivity index is 1.31. The number of aromatic nitrogens is 5. The summed E-state index contributed by atoms with van der Waals surface area (Å²) in [5, 5.41) is 12.2. The van der Waals surface area contributed by atoms with Gasteiger partial charge in [-0.2, -0.15) is 5.10 Å². The molecule has 0 bridgehead atoms. The van der Waals surface area contributed by atoms with Gasteiger partial charge in [0.25, 0.3) is 0 Å². The van der Waals surface area contributed by atoms with Crippen LogP contribution in [0.2, 0.25) is 0 Å². The fraction of sp³-hybridized carbons (Fsp3) is 0.350. The predicted octanol–water partition coefficient (Wildman–Crippen LogP) is 0.280. The van der Waals surface area contributed by atoms with Gasteiger partial charge in [0.1, 0.15) is 24.8 Å². The Kier molecular flexibility index (Phi) is 6.42. The molecule has 32 heavy (non-hydrogen) atoms. The minimum Gasteiger partial charge on any atom is -0.356 e. The summed E-state index contributed by atoms with van der Waals surface area (Å²) in [6.45, 7) is 1.85. The highest BCUT2D eigenvalue weighted by Gasteiger charge is 2.26. The molecular weight excluding hydrogens is 432 g/mol. The molecule has 1 aromatic carbocycles. The van der Waals surface area contributed by atoms with E-state index in [0.717, 1.165) is 30.8 Å². The third-order valence-corrected chi connectivity index (χ3v) is 6.30. The molecule has 1 atom stereocenters. The van der Waals surface area contributed by atoms with Crippen LogP contribution in [0.25, 0.3) is 5.82 Å². The molecule has 0 radical (unpaired) electrons. The highest BCUT2D eigenvalue weighted by Crippen LogP contribution is 2.22. The first-order chi connectivity index (χ1) is 15.4. The van der Waals surface area contributed by atoms with E-state index in [4.69, 9.17) is 5.14 Å². The molecular formula is C20H24N8O3S. The lowest BCUT2D eigenvalue weighted by molar-refractivity contribution is -0.125. The number of primary sulfonamides is 1. The summed E-state index contributed by atoms with van der Waals surface area (Å²) in [6, 6.07) is 8.19. The standard InChI is InChI=1S/C20H24N8O3S/c21-32(30,31)17-5-3-15(4-6-17)7-8-23-20(29)16-2-1-9-27(11-16)18-10-19(25-13-24-18)28-14-22-12-26-28/h3-6,10,12-14,16H,1-2,7-9,11H2,(H,23,29)(H2,21,30,31). The van der Waals surface area contributed by atoms with Gasteiger partial charge in [-0.15, -0.1) is 0 Å². The second-order valence-corrected chi connectivity index (χ2v) is 9.15. The lowest BCUT2D eigenvalue weighted by Crippen LogP contribution is -2.43. The number of anilines is 1. The first-order valence-electron chi connectivity index (χ1n) is 10.2. The minimum absolute atomic E-state index is 0.00131. The molecule has 0 saturated carbocycles. The molecule has 168 valence electrons. The van der Waals surface area contributed by atoms with Gasteiger partial charge in [-0.1, -0.05) is 12.1 Å². The number of amides is 1. The van der Waals surface area contributed by atoms with Gasteiger partial charge in [0, 0.05) is 25.7 Å².